The Kier molecular flexibility index (Phi) is 5.38. The topological polar surface area (TPSA) is 0 Å². The second-order valence-electron chi connectivity index (χ2n) is 7.78. The minimum absolute atomic E-state index is 0.122. The van der Waals surface area contributed by atoms with Gasteiger partial charge in [0.25, 0.3) is 0 Å². The molecule has 22 heavy (non-hydrogen) atoms. The second-order valence-corrected chi connectivity index (χ2v) is 11.5. The summed E-state index contributed by atoms with van der Waals surface area (Å²) in [5.41, 5.74) is 2.99. The van der Waals surface area contributed by atoms with Crippen LogP contribution in [0.4, 0.5) is 0 Å². The molecule has 0 fully saturated rings. The van der Waals surface area contributed by atoms with Gasteiger partial charge in [-0.3, -0.25) is 0 Å². The molecule has 0 aliphatic heterocycles. The minimum atomic E-state index is -0.352. The molecule has 0 aliphatic rings. The second kappa shape index (κ2) is 6.60. The van der Waals surface area contributed by atoms with Crippen molar-refractivity contribution < 1.29 is 0 Å². The van der Waals surface area contributed by atoms with E-state index in [-0.39, 0.29) is 31.8 Å². The van der Waals surface area contributed by atoms with Gasteiger partial charge in [0.05, 0.1) is 0 Å². The Morgan fingerprint density at radius 3 is 1.59 bits per heavy atom. The van der Waals surface area contributed by atoms with Crippen LogP contribution in [0.15, 0.2) is 47.4 Å². The molecule has 0 radical (unpaired) electrons. The molecular weight excluding hydrogens is 400 g/mol. The van der Waals surface area contributed by atoms with Gasteiger partial charge in [0, 0.05) is 0 Å². The summed E-state index contributed by atoms with van der Waals surface area (Å²) >= 11 is 4.53. The van der Waals surface area contributed by atoms with Crippen molar-refractivity contribution >= 4 is 40.8 Å². The molecule has 0 saturated carbocycles. The van der Waals surface area contributed by atoms with E-state index in [4.69, 9.17) is 12.6 Å². The maximum absolute atomic E-state index is 4.89. The fourth-order valence-electron chi connectivity index (χ4n) is 2.43. The molecule has 2 aromatic carbocycles. The molecule has 0 N–H and O–H groups in total. The zero-order chi connectivity index (χ0) is 16.5. The average Bonchev–Trinajstić information content (AvgIpc) is 2.39. The van der Waals surface area contributed by atoms with E-state index in [0.29, 0.717) is 0 Å². The van der Waals surface area contributed by atoms with E-state index in [0.717, 1.165) is 0 Å². The third-order valence-electron chi connectivity index (χ3n) is 3.68. The molecule has 0 bridgehead atoms. The van der Waals surface area contributed by atoms with Crippen LogP contribution in [-0.2, 0) is 10.8 Å². The molecule has 2 aromatic rings. The molecule has 0 unspecified atom stereocenters. The van der Waals surface area contributed by atoms with E-state index in [1.54, 1.807) is 0 Å². The molecular formula is C20H26STe. The molecule has 0 spiro atoms. The van der Waals surface area contributed by atoms with Crippen molar-refractivity contribution in [2.45, 2.75) is 57.3 Å². The van der Waals surface area contributed by atoms with E-state index < -0.39 is 0 Å². The first-order valence-electron chi connectivity index (χ1n) is 7.70. The molecule has 0 heterocycles. The zero-order valence-corrected chi connectivity index (χ0v) is 17.6. The molecule has 0 amide bonds. The summed E-state index contributed by atoms with van der Waals surface area (Å²) in [5.74, 6) is 0. The normalized spacial score (nSPS) is 12.5. The first kappa shape index (κ1) is 17.9. The van der Waals surface area contributed by atoms with Crippen LogP contribution >= 0.6 is 12.6 Å². The van der Waals surface area contributed by atoms with Crippen LogP contribution in [-0.4, -0.2) is 20.9 Å². The predicted molar refractivity (Wildman–Crippen MR) is 103 cm³/mol. The molecule has 2 rings (SSSR count). The van der Waals surface area contributed by atoms with Gasteiger partial charge in [-0.05, 0) is 0 Å². The zero-order valence-electron chi connectivity index (χ0n) is 14.4. The molecule has 0 atom stereocenters. The third-order valence-corrected chi connectivity index (χ3v) is 6.96. The monoisotopic (exact) mass is 428 g/mol. The molecule has 0 nitrogen and oxygen atoms in total. The van der Waals surface area contributed by atoms with E-state index >= 15 is 0 Å². The Bertz CT molecular complexity index is 611. The number of rotatable bonds is 2. The summed E-state index contributed by atoms with van der Waals surface area (Å²) in [7, 11) is 0. The number of hydrogen-bond donors (Lipinski definition) is 1. The van der Waals surface area contributed by atoms with Gasteiger partial charge in [0.15, 0.2) is 0 Å². The molecule has 2 heteroatoms. The van der Waals surface area contributed by atoms with Crippen molar-refractivity contribution in [1.29, 1.82) is 0 Å². The van der Waals surface area contributed by atoms with E-state index in [2.05, 4.69) is 84.0 Å². The van der Waals surface area contributed by atoms with E-state index in [1.165, 1.54) is 23.2 Å². The van der Waals surface area contributed by atoms with Crippen molar-refractivity contribution in [3.8, 4) is 0 Å². The van der Waals surface area contributed by atoms with Gasteiger partial charge >= 0.3 is 152 Å². The van der Waals surface area contributed by atoms with Gasteiger partial charge in [0.2, 0.25) is 0 Å². The first-order valence-corrected chi connectivity index (χ1v) is 10.5. The fraction of sp³-hybridized carbons (Fsp3) is 0.400. The fourth-order valence-corrected chi connectivity index (χ4v) is 5.86. The number of thiol groups is 1. The quantitative estimate of drug-likeness (QED) is 0.540. The van der Waals surface area contributed by atoms with Crippen LogP contribution in [0.1, 0.15) is 52.7 Å². The summed E-state index contributed by atoms with van der Waals surface area (Å²) < 4.78 is 2.99. The summed E-state index contributed by atoms with van der Waals surface area (Å²) in [5, 5.41) is 0. The van der Waals surface area contributed by atoms with Crippen LogP contribution in [0.2, 0.25) is 0 Å². The van der Waals surface area contributed by atoms with Crippen LogP contribution in [0, 0.1) is 0 Å². The van der Waals surface area contributed by atoms with Crippen molar-refractivity contribution in [1.82, 2.24) is 0 Å². The first-order chi connectivity index (χ1) is 10.1. The van der Waals surface area contributed by atoms with Gasteiger partial charge in [-0.25, -0.2) is 0 Å². The average molecular weight is 426 g/mol. The summed E-state index contributed by atoms with van der Waals surface area (Å²) in [6, 6.07) is 15.7. The van der Waals surface area contributed by atoms with Crippen LogP contribution in [0.3, 0.4) is 0 Å². The Balaban J connectivity index is 2.56. The van der Waals surface area contributed by atoms with Crippen molar-refractivity contribution in [2.75, 3.05) is 0 Å². The summed E-state index contributed by atoms with van der Waals surface area (Å²) in [6.45, 7) is 13.7. The number of hydrogen-bond acceptors (Lipinski definition) is 1. The van der Waals surface area contributed by atoms with Gasteiger partial charge in [-0.15, -0.1) is 0 Å². The standard InChI is InChI=1S/C20H26STe/c1-19(2,3)16-12-15(22-14-10-8-7-9-11-14)13-17(18(16)21)20(4,5)6/h7-13,21H,1-6H3. The maximum atomic E-state index is 4.89. The van der Waals surface area contributed by atoms with Crippen molar-refractivity contribution in [3.05, 3.63) is 53.6 Å². The summed E-state index contributed by atoms with van der Waals surface area (Å²) in [6.07, 6.45) is 0. The Morgan fingerprint density at radius 1 is 0.727 bits per heavy atom. The van der Waals surface area contributed by atoms with Crippen LogP contribution in [0.25, 0.3) is 0 Å². The molecule has 0 aromatic heterocycles. The van der Waals surface area contributed by atoms with Crippen molar-refractivity contribution in [3.63, 3.8) is 0 Å². The molecule has 0 aliphatic carbocycles. The van der Waals surface area contributed by atoms with Crippen LogP contribution < -0.4 is 7.22 Å². The van der Waals surface area contributed by atoms with Gasteiger partial charge < -0.3 is 0 Å². The van der Waals surface area contributed by atoms with Crippen LogP contribution in [0.5, 0.6) is 0 Å². The Labute approximate surface area is 151 Å². The van der Waals surface area contributed by atoms with Gasteiger partial charge in [0.1, 0.15) is 0 Å². The van der Waals surface area contributed by atoms with E-state index in [9.17, 15) is 0 Å². The predicted octanol–water partition coefficient (Wildman–Crippen LogP) is 4.23. The Hall–Kier alpha value is -0.420. The summed E-state index contributed by atoms with van der Waals surface area (Å²) in [4.78, 5) is 1.17. The molecule has 118 valence electrons. The van der Waals surface area contributed by atoms with Gasteiger partial charge in [-0.2, -0.15) is 0 Å². The third kappa shape index (κ3) is 4.31. The Morgan fingerprint density at radius 2 is 1.18 bits per heavy atom. The van der Waals surface area contributed by atoms with E-state index in [1.807, 2.05) is 0 Å². The number of benzene rings is 2. The van der Waals surface area contributed by atoms with Crippen molar-refractivity contribution in [2.24, 2.45) is 0 Å². The SMILES string of the molecule is CC(C)(C)c1cc([Te]c2ccccc2)cc(C(C)(C)C)c1S. The van der Waals surface area contributed by atoms with Gasteiger partial charge in [-0.1, -0.05) is 0 Å². The molecule has 0 saturated heterocycles.